The first-order valence-corrected chi connectivity index (χ1v) is 6.70. The normalized spacial score (nSPS) is 26.1. The summed E-state index contributed by atoms with van der Waals surface area (Å²) >= 11 is 0. The van der Waals surface area contributed by atoms with Crippen molar-refractivity contribution in [3.8, 4) is 11.5 Å². The topological polar surface area (TPSA) is 49.0 Å². The molecule has 0 radical (unpaired) electrons. The maximum absolute atomic E-state index is 5.81. The van der Waals surface area contributed by atoms with Gasteiger partial charge in [0.15, 0.2) is 17.6 Å². The van der Waals surface area contributed by atoms with Crippen molar-refractivity contribution < 1.29 is 18.9 Å². The maximum Gasteiger partial charge on any atom is 0.161 e. The number of nitrogens with one attached hydrogen (secondary N) is 1. The fraction of sp³-hybridized carbons (Fsp3) is 0.571. The Hall–Kier alpha value is -1.30. The van der Waals surface area contributed by atoms with Crippen LogP contribution >= 0.6 is 0 Å². The SMILES string of the molecule is c1ccc2c(c1)OCC(COCC1CNCCO1)O2. The van der Waals surface area contributed by atoms with Gasteiger partial charge in [0.25, 0.3) is 0 Å². The van der Waals surface area contributed by atoms with E-state index in [0.717, 1.165) is 31.2 Å². The average molecular weight is 265 g/mol. The highest BCUT2D eigenvalue weighted by atomic mass is 16.6. The first kappa shape index (κ1) is 12.7. The molecule has 2 heterocycles. The second-order valence-electron chi connectivity index (χ2n) is 4.73. The third-order valence-electron chi connectivity index (χ3n) is 3.18. The standard InChI is InChI=1S/C14H19NO4/c1-2-4-14-13(3-1)18-10-12(19-14)9-16-8-11-7-15-5-6-17-11/h1-4,11-12,15H,5-10H2. The molecular formula is C14H19NO4. The van der Waals surface area contributed by atoms with Gasteiger partial charge >= 0.3 is 0 Å². The van der Waals surface area contributed by atoms with Crippen LogP contribution in [0.3, 0.4) is 0 Å². The molecule has 0 saturated carbocycles. The zero-order valence-corrected chi connectivity index (χ0v) is 10.8. The summed E-state index contributed by atoms with van der Waals surface area (Å²) < 4.78 is 22.7. The van der Waals surface area contributed by atoms with Crippen LogP contribution < -0.4 is 14.8 Å². The largest absolute Gasteiger partial charge is 0.486 e. The molecule has 0 bridgehead atoms. The molecule has 19 heavy (non-hydrogen) atoms. The first-order chi connectivity index (χ1) is 9.42. The first-order valence-electron chi connectivity index (χ1n) is 6.70. The Balaban J connectivity index is 1.42. The van der Waals surface area contributed by atoms with E-state index in [2.05, 4.69) is 5.32 Å². The van der Waals surface area contributed by atoms with Crippen molar-refractivity contribution >= 4 is 0 Å². The quantitative estimate of drug-likeness (QED) is 0.874. The van der Waals surface area contributed by atoms with E-state index in [0.29, 0.717) is 19.8 Å². The van der Waals surface area contributed by atoms with Crippen molar-refractivity contribution in [2.24, 2.45) is 0 Å². The van der Waals surface area contributed by atoms with E-state index in [4.69, 9.17) is 18.9 Å². The molecule has 2 atom stereocenters. The van der Waals surface area contributed by atoms with Crippen molar-refractivity contribution in [1.82, 2.24) is 5.32 Å². The highest BCUT2D eigenvalue weighted by Crippen LogP contribution is 2.30. The second kappa shape index (κ2) is 6.23. The molecule has 0 spiro atoms. The number of ether oxygens (including phenoxy) is 4. The van der Waals surface area contributed by atoms with Crippen LogP contribution in [0.1, 0.15) is 0 Å². The van der Waals surface area contributed by atoms with Gasteiger partial charge in [0.05, 0.1) is 25.9 Å². The fourth-order valence-electron chi connectivity index (χ4n) is 2.20. The number of hydrogen-bond donors (Lipinski definition) is 1. The molecule has 3 rings (SSSR count). The molecule has 2 unspecified atom stereocenters. The van der Waals surface area contributed by atoms with Crippen molar-refractivity contribution in [1.29, 1.82) is 0 Å². The van der Waals surface area contributed by atoms with Gasteiger partial charge in [0, 0.05) is 13.1 Å². The highest BCUT2D eigenvalue weighted by molar-refractivity contribution is 5.40. The van der Waals surface area contributed by atoms with Gasteiger partial charge in [-0.05, 0) is 12.1 Å². The summed E-state index contributed by atoms with van der Waals surface area (Å²) in [7, 11) is 0. The summed E-state index contributed by atoms with van der Waals surface area (Å²) in [5.41, 5.74) is 0. The van der Waals surface area contributed by atoms with Crippen LogP contribution in [0.25, 0.3) is 0 Å². The van der Waals surface area contributed by atoms with Crippen LogP contribution in [0.15, 0.2) is 24.3 Å². The van der Waals surface area contributed by atoms with E-state index in [1.165, 1.54) is 0 Å². The Kier molecular flexibility index (Phi) is 4.17. The van der Waals surface area contributed by atoms with Gasteiger partial charge in [0.1, 0.15) is 6.61 Å². The van der Waals surface area contributed by atoms with Gasteiger partial charge in [0.2, 0.25) is 0 Å². The lowest BCUT2D eigenvalue weighted by Gasteiger charge is -2.27. The van der Waals surface area contributed by atoms with Gasteiger partial charge < -0.3 is 24.3 Å². The second-order valence-corrected chi connectivity index (χ2v) is 4.73. The number of rotatable bonds is 4. The number of hydrogen-bond acceptors (Lipinski definition) is 5. The van der Waals surface area contributed by atoms with Gasteiger partial charge in [-0.25, -0.2) is 0 Å². The Morgan fingerprint density at radius 2 is 2.00 bits per heavy atom. The minimum absolute atomic E-state index is 0.0496. The summed E-state index contributed by atoms with van der Waals surface area (Å²) in [4.78, 5) is 0. The van der Waals surface area contributed by atoms with Crippen molar-refractivity contribution in [3.63, 3.8) is 0 Å². The lowest BCUT2D eigenvalue weighted by atomic mass is 10.2. The summed E-state index contributed by atoms with van der Waals surface area (Å²) in [5.74, 6) is 1.59. The third kappa shape index (κ3) is 3.37. The Labute approximate surface area is 112 Å². The fourth-order valence-corrected chi connectivity index (χ4v) is 2.20. The van der Waals surface area contributed by atoms with Crippen LogP contribution in [-0.2, 0) is 9.47 Å². The van der Waals surface area contributed by atoms with E-state index in [1.807, 2.05) is 24.3 Å². The van der Waals surface area contributed by atoms with Gasteiger partial charge in [-0.3, -0.25) is 0 Å². The molecular weight excluding hydrogens is 246 g/mol. The molecule has 5 heteroatoms. The molecule has 0 aromatic heterocycles. The van der Waals surface area contributed by atoms with Crippen LogP contribution in [0, 0.1) is 0 Å². The number of morpholine rings is 1. The zero-order valence-electron chi connectivity index (χ0n) is 10.8. The molecule has 1 aromatic rings. The van der Waals surface area contributed by atoms with Crippen molar-refractivity contribution in [2.45, 2.75) is 12.2 Å². The summed E-state index contributed by atoms with van der Waals surface area (Å²) in [5, 5.41) is 3.28. The predicted octanol–water partition coefficient (Wildman–Crippen LogP) is 0.831. The number of fused-ring (bicyclic) bond motifs is 1. The Morgan fingerprint density at radius 3 is 2.84 bits per heavy atom. The maximum atomic E-state index is 5.81. The molecule has 104 valence electrons. The zero-order chi connectivity index (χ0) is 12.9. The summed E-state index contributed by atoms with van der Waals surface area (Å²) in [6.07, 6.45) is 0.0944. The molecule has 5 nitrogen and oxygen atoms in total. The Morgan fingerprint density at radius 1 is 1.16 bits per heavy atom. The summed E-state index contributed by atoms with van der Waals surface area (Å²) in [6.45, 7) is 4.17. The van der Waals surface area contributed by atoms with Gasteiger partial charge in [-0.15, -0.1) is 0 Å². The van der Waals surface area contributed by atoms with Crippen LogP contribution in [-0.4, -0.2) is 51.7 Å². The van der Waals surface area contributed by atoms with E-state index in [1.54, 1.807) is 0 Å². The van der Waals surface area contributed by atoms with E-state index < -0.39 is 0 Å². The van der Waals surface area contributed by atoms with Crippen LogP contribution in [0.4, 0.5) is 0 Å². The van der Waals surface area contributed by atoms with Crippen molar-refractivity contribution in [2.75, 3.05) is 39.5 Å². The highest BCUT2D eigenvalue weighted by Gasteiger charge is 2.21. The lowest BCUT2D eigenvalue weighted by molar-refractivity contribution is -0.0551. The Bertz CT molecular complexity index is 406. The van der Waals surface area contributed by atoms with E-state index >= 15 is 0 Å². The van der Waals surface area contributed by atoms with E-state index in [9.17, 15) is 0 Å². The molecule has 0 aliphatic carbocycles. The molecule has 1 fully saturated rings. The van der Waals surface area contributed by atoms with Crippen molar-refractivity contribution in [3.05, 3.63) is 24.3 Å². The predicted molar refractivity (Wildman–Crippen MR) is 69.8 cm³/mol. The average Bonchev–Trinajstić information content (AvgIpc) is 2.48. The molecule has 1 saturated heterocycles. The number of para-hydroxylation sites is 2. The third-order valence-corrected chi connectivity index (χ3v) is 3.18. The summed E-state index contributed by atoms with van der Waals surface area (Å²) in [6, 6.07) is 7.70. The molecule has 2 aliphatic heterocycles. The smallest absolute Gasteiger partial charge is 0.161 e. The van der Waals surface area contributed by atoms with Crippen LogP contribution in [0.2, 0.25) is 0 Å². The minimum Gasteiger partial charge on any atom is -0.486 e. The van der Waals surface area contributed by atoms with E-state index in [-0.39, 0.29) is 12.2 Å². The lowest BCUT2D eigenvalue weighted by Crippen LogP contribution is -2.42. The monoisotopic (exact) mass is 265 g/mol. The molecule has 1 aromatic carbocycles. The molecule has 0 amide bonds. The molecule has 2 aliphatic rings. The van der Waals surface area contributed by atoms with Gasteiger partial charge in [-0.2, -0.15) is 0 Å². The van der Waals surface area contributed by atoms with Crippen LogP contribution in [0.5, 0.6) is 11.5 Å². The molecule has 1 N–H and O–H groups in total. The van der Waals surface area contributed by atoms with Gasteiger partial charge in [-0.1, -0.05) is 12.1 Å². The number of benzene rings is 1. The minimum atomic E-state index is -0.0496.